The lowest BCUT2D eigenvalue weighted by Gasteiger charge is -2.13. The SMILES string of the molecule is Cc1sc2nc(C(C)OC(=O)c3cc(Cl)cc(Cl)c3)[nH]c(=O)c2c1C. The van der Waals surface area contributed by atoms with Crippen LogP contribution >= 0.6 is 34.5 Å². The minimum Gasteiger partial charge on any atom is -0.451 e. The van der Waals surface area contributed by atoms with E-state index >= 15 is 0 Å². The number of aromatic amines is 1. The number of aromatic nitrogens is 2. The van der Waals surface area contributed by atoms with Crippen LogP contribution in [0, 0.1) is 13.8 Å². The first-order valence-corrected chi connectivity index (χ1v) is 9.00. The number of carbonyl (C=O) groups excluding carboxylic acids is 1. The third-order valence-corrected chi connectivity index (χ3v) is 5.36. The quantitative estimate of drug-likeness (QED) is 0.643. The number of esters is 1. The summed E-state index contributed by atoms with van der Waals surface area (Å²) in [5, 5.41) is 1.25. The van der Waals surface area contributed by atoms with Crippen molar-refractivity contribution in [2.45, 2.75) is 26.9 Å². The Hall–Kier alpha value is -1.89. The molecule has 1 atom stereocenters. The molecule has 130 valence electrons. The van der Waals surface area contributed by atoms with Crippen molar-refractivity contribution in [1.29, 1.82) is 0 Å². The van der Waals surface area contributed by atoms with Crippen LogP contribution < -0.4 is 5.56 Å². The Bertz CT molecular complexity index is 1020. The zero-order valence-electron chi connectivity index (χ0n) is 13.6. The zero-order valence-corrected chi connectivity index (χ0v) is 16.0. The number of rotatable bonds is 3. The van der Waals surface area contributed by atoms with Crippen molar-refractivity contribution in [3.8, 4) is 0 Å². The summed E-state index contributed by atoms with van der Waals surface area (Å²) in [6.07, 6.45) is -0.731. The van der Waals surface area contributed by atoms with E-state index < -0.39 is 12.1 Å². The van der Waals surface area contributed by atoms with E-state index in [4.69, 9.17) is 27.9 Å². The van der Waals surface area contributed by atoms with Gasteiger partial charge in [0.15, 0.2) is 11.9 Å². The summed E-state index contributed by atoms with van der Waals surface area (Å²) >= 11 is 13.2. The van der Waals surface area contributed by atoms with E-state index in [0.29, 0.717) is 26.1 Å². The fourth-order valence-corrected chi connectivity index (χ4v) is 3.98. The van der Waals surface area contributed by atoms with Gasteiger partial charge in [0.05, 0.1) is 10.9 Å². The van der Waals surface area contributed by atoms with Crippen molar-refractivity contribution in [3.63, 3.8) is 0 Å². The molecule has 0 radical (unpaired) electrons. The molecule has 1 aromatic carbocycles. The molecule has 0 spiro atoms. The van der Waals surface area contributed by atoms with E-state index in [1.807, 2.05) is 13.8 Å². The smallest absolute Gasteiger partial charge is 0.338 e. The van der Waals surface area contributed by atoms with Gasteiger partial charge in [0, 0.05) is 14.9 Å². The lowest BCUT2D eigenvalue weighted by molar-refractivity contribution is 0.0320. The molecule has 0 fully saturated rings. The minimum absolute atomic E-state index is 0.232. The number of aryl methyl sites for hydroxylation is 2. The molecule has 2 aromatic heterocycles. The number of ether oxygens (including phenoxy) is 1. The van der Waals surface area contributed by atoms with E-state index in [0.717, 1.165) is 10.4 Å². The zero-order chi connectivity index (χ0) is 18.3. The highest BCUT2D eigenvalue weighted by molar-refractivity contribution is 7.18. The van der Waals surface area contributed by atoms with Crippen LogP contribution in [-0.2, 0) is 4.74 Å². The average molecular weight is 397 g/mol. The highest BCUT2D eigenvalue weighted by Crippen LogP contribution is 2.27. The Balaban J connectivity index is 1.90. The molecule has 0 amide bonds. The fourth-order valence-electron chi connectivity index (χ4n) is 2.42. The van der Waals surface area contributed by atoms with Crippen LogP contribution in [0.2, 0.25) is 10.0 Å². The molecule has 0 aliphatic heterocycles. The standard InChI is InChI=1S/C17H14Cl2N2O3S/c1-7-9(3)25-16-13(7)15(22)20-14(21-16)8(2)24-17(23)10-4-11(18)6-12(19)5-10/h4-6,8H,1-3H3,(H,20,21,22). The minimum atomic E-state index is -0.731. The second kappa shape index (κ2) is 6.78. The van der Waals surface area contributed by atoms with Gasteiger partial charge in [-0.3, -0.25) is 4.79 Å². The monoisotopic (exact) mass is 396 g/mol. The Morgan fingerprint density at radius 3 is 2.52 bits per heavy atom. The summed E-state index contributed by atoms with van der Waals surface area (Å²) in [4.78, 5) is 33.4. The van der Waals surface area contributed by atoms with E-state index in [1.165, 1.54) is 29.5 Å². The Morgan fingerprint density at radius 2 is 1.88 bits per heavy atom. The molecule has 25 heavy (non-hydrogen) atoms. The number of thiophene rings is 1. The second-order valence-electron chi connectivity index (χ2n) is 5.62. The predicted molar refractivity (Wildman–Crippen MR) is 100 cm³/mol. The molecule has 0 aliphatic carbocycles. The van der Waals surface area contributed by atoms with Gasteiger partial charge >= 0.3 is 5.97 Å². The summed E-state index contributed by atoms with van der Waals surface area (Å²) in [5.74, 6) is -0.307. The Morgan fingerprint density at radius 1 is 1.24 bits per heavy atom. The molecule has 1 unspecified atom stereocenters. The molecule has 5 nitrogen and oxygen atoms in total. The van der Waals surface area contributed by atoms with Gasteiger partial charge in [-0.2, -0.15) is 0 Å². The molecular formula is C17H14Cl2N2O3S. The highest BCUT2D eigenvalue weighted by Gasteiger charge is 2.19. The summed E-state index contributed by atoms with van der Waals surface area (Å²) < 4.78 is 5.39. The van der Waals surface area contributed by atoms with E-state index in [1.54, 1.807) is 6.92 Å². The van der Waals surface area contributed by atoms with Gasteiger partial charge in [0.25, 0.3) is 5.56 Å². The summed E-state index contributed by atoms with van der Waals surface area (Å²) in [6, 6.07) is 4.46. The van der Waals surface area contributed by atoms with Crippen molar-refractivity contribution in [1.82, 2.24) is 9.97 Å². The van der Waals surface area contributed by atoms with Crippen LogP contribution in [0.1, 0.15) is 39.7 Å². The van der Waals surface area contributed by atoms with E-state index in [-0.39, 0.29) is 11.1 Å². The van der Waals surface area contributed by atoms with Gasteiger partial charge in [0.1, 0.15) is 4.83 Å². The molecule has 0 saturated carbocycles. The Kier molecular flexibility index (Phi) is 4.86. The lowest BCUT2D eigenvalue weighted by atomic mass is 10.2. The maximum Gasteiger partial charge on any atom is 0.338 e. The molecule has 0 saturated heterocycles. The molecular weight excluding hydrogens is 383 g/mol. The molecule has 8 heteroatoms. The maximum atomic E-state index is 12.3. The molecule has 1 N–H and O–H groups in total. The van der Waals surface area contributed by atoms with Crippen molar-refractivity contribution in [3.05, 3.63) is 60.4 Å². The predicted octanol–water partition coefficient (Wildman–Crippen LogP) is 4.83. The molecule has 3 rings (SSSR count). The van der Waals surface area contributed by atoms with Crippen molar-refractivity contribution < 1.29 is 9.53 Å². The summed E-state index contributed by atoms with van der Waals surface area (Å²) in [5.41, 5.74) is 0.907. The fraction of sp³-hybridized carbons (Fsp3) is 0.235. The van der Waals surface area contributed by atoms with Gasteiger partial charge in [-0.15, -0.1) is 11.3 Å². The number of halogens is 2. The molecule has 3 aromatic rings. The first-order chi connectivity index (χ1) is 11.8. The number of hydrogen-bond donors (Lipinski definition) is 1. The normalized spacial score (nSPS) is 12.4. The first kappa shape index (κ1) is 17.9. The molecule has 0 aliphatic rings. The largest absolute Gasteiger partial charge is 0.451 e. The Labute approximate surface area is 157 Å². The van der Waals surface area contributed by atoms with Gasteiger partial charge < -0.3 is 9.72 Å². The van der Waals surface area contributed by atoms with Crippen LogP contribution in [-0.4, -0.2) is 15.9 Å². The van der Waals surface area contributed by atoms with Crippen LogP contribution in [0.25, 0.3) is 10.2 Å². The third-order valence-electron chi connectivity index (χ3n) is 3.82. The van der Waals surface area contributed by atoms with Crippen molar-refractivity contribution in [2.24, 2.45) is 0 Å². The average Bonchev–Trinajstić information content (AvgIpc) is 2.81. The summed E-state index contributed by atoms with van der Waals surface area (Å²) in [6.45, 7) is 5.46. The number of H-pyrrole nitrogens is 1. The number of fused-ring (bicyclic) bond motifs is 1. The van der Waals surface area contributed by atoms with Crippen molar-refractivity contribution in [2.75, 3.05) is 0 Å². The summed E-state index contributed by atoms with van der Waals surface area (Å²) in [7, 11) is 0. The molecule has 0 bridgehead atoms. The number of carbonyl (C=O) groups is 1. The van der Waals surface area contributed by atoms with Crippen LogP contribution in [0.15, 0.2) is 23.0 Å². The van der Waals surface area contributed by atoms with Gasteiger partial charge in [-0.05, 0) is 44.5 Å². The highest BCUT2D eigenvalue weighted by atomic mass is 35.5. The van der Waals surface area contributed by atoms with Crippen LogP contribution in [0.4, 0.5) is 0 Å². The maximum absolute atomic E-state index is 12.3. The van der Waals surface area contributed by atoms with Crippen molar-refractivity contribution >= 4 is 50.7 Å². The number of benzene rings is 1. The van der Waals surface area contributed by atoms with Crippen LogP contribution in [0.3, 0.4) is 0 Å². The van der Waals surface area contributed by atoms with Gasteiger partial charge in [-0.1, -0.05) is 23.2 Å². The lowest BCUT2D eigenvalue weighted by Crippen LogP contribution is -2.17. The van der Waals surface area contributed by atoms with E-state index in [2.05, 4.69) is 9.97 Å². The van der Waals surface area contributed by atoms with Gasteiger partial charge in [0.2, 0.25) is 0 Å². The molecule has 2 heterocycles. The van der Waals surface area contributed by atoms with Crippen LogP contribution in [0.5, 0.6) is 0 Å². The second-order valence-corrected chi connectivity index (χ2v) is 7.70. The number of hydrogen-bond acceptors (Lipinski definition) is 5. The number of nitrogens with zero attached hydrogens (tertiary/aromatic N) is 1. The topological polar surface area (TPSA) is 72.0 Å². The van der Waals surface area contributed by atoms with E-state index in [9.17, 15) is 9.59 Å². The van der Waals surface area contributed by atoms with Gasteiger partial charge in [-0.25, -0.2) is 9.78 Å². The number of nitrogens with one attached hydrogen (secondary N) is 1. The first-order valence-electron chi connectivity index (χ1n) is 7.43. The third kappa shape index (κ3) is 3.56.